The highest BCUT2D eigenvalue weighted by Gasteiger charge is 2.61. The second kappa shape index (κ2) is 11.3. The Kier molecular flexibility index (Phi) is 8.68. The van der Waals surface area contributed by atoms with Gasteiger partial charge in [0.25, 0.3) is 0 Å². The third-order valence-electron chi connectivity index (χ3n) is 7.79. The van der Waals surface area contributed by atoms with E-state index >= 15 is 0 Å². The number of rotatable bonds is 7. The molecular formula is C27H43N3O6Si2. The molecule has 0 aliphatic carbocycles. The SMILES string of the molecule is CC(C)[Si]1(C(C)C)OC[C@@H]2O[C@@H](n3ccc(Nc4ccccc4)nc3=O)[C@@H](O)C2O[Si](C(C)C)(C(C)C)O1. The Hall–Kier alpha value is -1.87. The van der Waals surface area contributed by atoms with E-state index in [9.17, 15) is 9.90 Å². The third-order valence-corrected chi connectivity index (χ3v) is 18.0. The molecule has 0 radical (unpaired) electrons. The summed E-state index contributed by atoms with van der Waals surface area (Å²) in [4.78, 5) is 17.2. The Morgan fingerprint density at radius 2 is 1.55 bits per heavy atom. The highest BCUT2D eigenvalue weighted by atomic mass is 28.5. The van der Waals surface area contributed by atoms with Crippen molar-refractivity contribution >= 4 is 28.6 Å². The van der Waals surface area contributed by atoms with Crippen LogP contribution in [-0.4, -0.2) is 56.7 Å². The number of nitrogens with zero attached hydrogens (tertiary/aromatic N) is 2. The summed E-state index contributed by atoms with van der Waals surface area (Å²) >= 11 is 0. The molecule has 2 aliphatic rings. The first-order valence-electron chi connectivity index (χ1n) is 13.7. The minimum atomic E-state index is -2.92. The number of hydrogen-bond donors (Lipinski definition) is 2. The first-order chi connectivity index (χ1) is 17.9. The van der Waals surface area contributed by atoms with Crippen molar-refractivity contribution in [2.45, 2.75) is 102 Å². The average Bonchev–Trinajstić information content (AvgIpc) is 3.13. The number of hydrogen-bond acceptors (Lipinski definition) is 8. The van der Waals surface area contributed by atoms with Gasteiger partial charge in [-0.2, -0.15) is 4.98 Å². The topological polar surface area (TPSA) is 104 Å². The van der Waals surface area contributed by atoms with Gasteiger partial charge in [-0.15, -0.1) is 0 Å². The summed E-state index contributed by atoms with van der Waals surface area (Å²) < 4.78 is 28.5. The molecule has 38 heavy (non-hydrogen) atoms. The van der Waals surface area contributed by atoms with Crippen molar-refractivity contribution in [1.29, 1.82) is 0 Å². The van der Waals surface area contributed by atoms with Gasteiger partial charge in [0.1, 0.15) is 24.1 Å². The molecule has 0 spiro atoms. The van der Waals surface area contributed by atoms with Crippen molar-refractivity contribution in [3.05, 3.63) is 53.1 Å². The fourth-order valence-corrected chi connectivity index (χ4v) is 16.9. The van der Waals surface area contributed by atoms with E-state index in [0.717, 1.165) is 5.69 Å². The largest absolute Gasteiger partial charge is 0.414 e. The number of aliphatic hydroxyl groups is 1. The Labute approximate surface area is 228 Å². The van der Waals surface area contributed by atoms with Crippen LogP contribution in [0.2, 0.25) is 22.2 Å². The van der Waals surface area contributed by atoms with Crippen molar-refractivity contribution in [3.63, 3.8) is 0 Å². The van der Waals surface area contributed by atoms with Gasteiger partial charge in [0.05, 0.1) is 6.61 Å². The van der Waals surface area contributed by atoms with Crippen LogP contribution in [0.15, 0.2) is 47.4 Å². The number of ether oxygens (including phenoxy) is 1. The summed E-state index contributed by atoms with van der Waals surface area (Å²) in [6, 6.07) is 11.2. The lowest BCUT2D eigenvalue weighted by molar-refractivity contribution is -0.0600. The summed E-state index contributed by atoms with van der Waals surface area (Å²) in [7, 11) is -5.65. The van der Waals surface area contributed by atoms with Crippen LogP contribution in [0.5, 0.6) is 0 Å². The molecule has 1 aromatic heterocycles. The fraction of sp³-hybridized carbons (Fsp3) is 0.630. The number of aromatic nitrogens is 2. The smallest absolute Gasteiger partial charge is 0.351 e. The van der Waals surface area contributed by atoms with Gasteiger partial charge in [-0.3, -0.25) is 4.57 Å². The Morgan fingerprint density at radius 1 is 0.947 bits per heavy atom. The van der Waals surface area contributed by atoms with E-state index in [2.05, 4.69) is 65.7 Å². The fourth-order valence-electron chi connectivity index (χ4n) is 5.71. The van der Waals surface area contributed by atoms with Crippen LogP contribution in [0.1, 0.15) is 61.6 Å². The molecule has 2 fully saturated rings. The van der Waals surface area contributed by atoms with E-state index in [0.29, 0.717) is 5.82 Å². The molecule has 210 valence electrons. The molecule has 0 bridgehead atoms. The van der Waals surface area contributed by atoms with Crippen LogP contribution < -0.4 is 11.0 Å². The molecule has 2 aliphatic heterocycles. The summed E-state index contributed by atoms with van der Waals surface area (Å²) in [5, 5.41) is 14.6. The molecule has 0 amide bonds. The first-order valence-corrected chi connectivity index (χ1v) is 17.6. The van der Waals surface area contributed by atoms with Crippen molar-refractivity contribution in [2.24, 2.45) is 0 Å². The zero-order chi connectivity index (χ0) is 27.8. The zero-order valence-electron chi connectivity index (χ0n) is 23.8. The van der Waals surface area contributed by atoms with Gasteiger partial charge in [-0.1, -0.05) is 73.6 Å². The predicted octanol–water partition coefficient (Wildman–Crippen LogP) is 5.20. The van der Waals surface area contributed by atoms with Crippen molar-refractivity contribution in [2.75, 3.05) is 11.9 Å². The quantitative estimate of drug-likeness (QED) is 0.445. The molecule has 1 unspecified atom stereocenters. The van der Waals surface area contributed by atoms with Gasteiger partial charge in [0.15, 0.2) is 6.23 Å². The zero-order valence-corrected chi connectivity index (χ0v) is 25.8. The molecule has 2 N–H and O–H groups in total. The van der Waals surface area contributed by atoms with Crippen LogP contribution in [0.3, 0.4) is 0 Å². The highest BCUT2D eigenvalue weighted by Crippen LogP contribution is 2.48. The molecule has 11 heteroatoms. The minimum absolute atomic E-state index is 0.119. The van der Waals surface area contributed by atoms with Crippen molar-refractivity contribution in [3.8, 4) is 0 Å². The molecule has 3 heterocycles. The van der Waals surface area contributed by atoms with E-state index in [-0.39, 0.29) is 28.8 Å². The number of fused-ring (bicyclic) bond motifs is 1. The Morgan fingerprint density at radius 3 is 2.11 bits per heavy atom. The molecule has 4 rings (SSSR count). The molecular weight excluding hydrogens is 518 g/mol. The normalized spacial score (nSPS) is 27.0. The van der Waals surface area contributed by atoms with E-state index in [1.54, 1.807) is 12.3 Å². The lowest BCUT2D eigenvalue weighted by atomic mass is 10.1. The molecule has 4 atom stereocenters. The van der Waals surface area contributed by atoms with Gasteiger partial charge in [0.2, 0.25) is 0 Å². The predicted molar refractivity (Wildman–Crippen MR) is 152 cm³/mol. The Balaban J connectivity index is 1.67. The molecule has 2 saturated heterocycles. The van der Waals surface area contributed by atoms with Gasteiger partial charge in [-0.05, 0) is 40.4 Å². The van der Waals surface area contributed by atoms with Gasteiger partial charge in [-0.25, -0.2) is 4.79 Å². The van der Waals surface area contributed by atoms with Crippen molar-refractivity contribution < 1.29 is 22.8 Å². The van der Waals surface area contributed by atoms with Crippen LogP contribution in [-0.2, 0) is 17.7 Å². The minimum Gasteiger partial charge on any atom is -0.414 e. The van der Waals surface area contributed by atoms with Gasteiger partial charge < -0.3 is 28.1 Å². The number of aliphatic hydroxyl groups excluding tert-OH is 1. The lowest BCUT2D eigenvalue weighted by Gasteiger charge is -2.51. The maximum absolute atomic E-state index is 13.1. The molecule has 2 aromatic rings. The monoisotopic (exact) mass is 561 g/mol. The van der Waals surface area contributed by atoms with E-state index in [1.165, 1.54) is 4.57 Å². The molecule has 0 saturated carbocycles. The number of nitrogens with one attached hydrogen (secondary N) is 1. The van der Waals surface area contributed by atoms with E-state index in [4.69, 9.17) is 17.7 Å². The van der Waals surface area contributed by atoms with Crippen molar-refractivity contribution in [1.82, 2.24) is 9.55 Å². The van der Waals surface area contributed by atoms with Crippen LogP contribution in [0.25, 0.3) is 0 Å². The molecule has 1 aromatic carbocycles. The van der Waals surface area contributed by atoms with Gasteiger partial charge in [0, 0.05) is 11.9 Å². The average molecular weight is 562 g/mol. The summed E-state index contributed by atoms with van der Waals surface area (Å²) in [5.74, 6) is 0.416. The summed E-state index contributed by atoms with van der Waals surface area (Å²) in [6.07, 6.45) is -1.66. The maximum Gasteiger partial charge on any atom is 0.351 e. The van der Waals surface area contributed by atoms with Gasteiger partial charge >= 0.3 is 22.8 Å². The Bertz CT molecular complexity index is 1130. The highest BCUT2D eigenvalue weighted by molar-refractivity contribution is 6.84. The maximum atomic E-state index is 13.1. The second-order valence-electron chi connectivity index (χ2n) is 11.6. The second-order valence-corrected chi connectivity index (χ2v) is 20.5. The number of para-hydroxylation sites is 1. The third kappa shape index (κ3) is 5.29. The summed E-state index contributed by atoms with van der Waals surface area (Å²) in [5.41, 5.74) is 0.938. The standard InChI is InChI=1S/C27H43N3O6Si2/c1-17(2)37(18(3)4)33-16-22-25(35-38(36-37,19(5)6)20(7)8)24(31)26(34-22)30-15-14-23(29-27(30)32)28-21-12-10-9-11-13-21/h9-15,17-20,22,24-26,31H,16H2,1-8H3,(H,28,29,32)/t22-,24-,25?,26+/m0/s1. The lowest BCUT2D eigenvalue weighted by Crippen LogP contribution is -2.65. The van der Waals surface area contributed by atoms with Crippen LogP contribution in [0.4, 0.5) is 11.5 Å². The number of benzene rings is 1. The first kappa shape index (κ1) is 29.1. The van der Waals surface area contributed by atoms with E-state index in [1.807, 2.05) is 30.3 Å². The van der Waals surface area contributed by atoms with Crippen LogP contribution in [0, 0.1) is 0 Å². The van der Waals surface area contributed by atoms with E-state index < -0.39 is 47.4 Å². The summed E-state index contributed by atoms with van der Waals surface area (Å²) in [6.45, 7) is 17.4. The van der Waals surface area contributed by atoms with Crippen LogP contribution >= 0.6 is 0 Å². The number of anilines is 2. The molecule has 9 nitrogen and oxygen atoms in total.